The van der Waals surface area contributed by atoms with Gasteiger partial charge in [0.15, 0.2) is 12.1 Å². The van der Waals surface area contributed by atoms with Gasteiger partial charge in [-0.1, -0.05) is 66.2 Å². The third-order valence-corrected chi connectivity index (χ3v) is 6.70. The molecule has 3 amide bonds. The average Bonchev–Trinajstić information content (AvgIpc) is 3.30. The van der Waals surface area contributed by atoms with Gasteiger partial charge in [-0.05, 0) is 60.5 Å². The zero-order valence-electron chi connectivity index (χ0n) is 22.2. The van der Waals surface area contributed by atoms with E-state index in [-0.39, 0.29) is 18.4 Å². The predicted octanol–water partition coefficient (Wildman–Crippen LogP) is 5.96. The molecule has 1 fully saturated rings. The SMILES string of the molecule is COc1cccc(C(=O)Nc2ccc([C@@H]3OC(=O)N(Cc4ccc(C)cc4)[C@H]3C(=O)Nc3ccccc3)cc2)c1. The number of cyclic esters (lactones) is 1. The zero-order chi connectivity index (χ0) is 28.1. The van der Waals surface area contributed by atoms with Gasteiger partial charge in [0.1, 0.15) is 5.75 Å². The highest BCUT2D eigenvalue weighted by Crippen LogP contribution is 2.35. The topological polar surface area (TPSA) is 97.0 Å². The van der Waals surface area contributed by atoms with Gasteiger partial charge in [0.25, 0.3) is 11.8 Å². The summed E-state index contributed by atoms with van der Waals surface area (Å²) >= 11 is 0. The van der Waals surface area contributed by atoms with Gasteiger partial charge in [-0.25, -0.2) is 4.79 Å². The zero-order valence-corrected chi connectivity index (χ0v) is 22.2. The Morgan fingerprint density at radius 2 is 1.55 bits per heavy atom. The summed E-state index contributed by atoms with van der Waals surface area (Å²) in [7, 11) is 1.54. The summed E-state index contributed by atoms with van der Waals surface area (Å²) in [5, 5.41) is 5.77. The summed E-state index contributed by atoms with van der Waals surface area (Å²) in [4.78, 5) is 40.8. The van der Waals surface area contributed by atoms with Crippen LogP contribution in [0, 0.1) is 6.92 Å². The van der Waals surface area contributed by atoms with Gasteiger partial charge >= 0.3 is 6.09 Å². The van der Waals surface area contributed by atoms with E-state index in [1.807, 2.05) is 49.4 Å². The Labute approximate surface area is 232 Å². The monoisotopic (exact) mass is 535 g/mol. The quantitative estimate of drug-likeness (QED) is 0.290. The van der Waals surface area contributed by atoms with Crippen molar-refractivity contribution in [3.63, 3.8) is 0 Å². The van der Waals surface area contributed by atoms with E-state index in [2.05, 4.69) is 10.6 Å². The number of aryl methyl sites for hydroxylation is 1. The largest absolute Gasteiger partial charge is 0.497 e. The van der Waals surface area contributed by atoms with E-state index in [1.54, 1.807) is 67.8 Å². The molecule has 1 aliphatic rings. The number of nitrogens with zero attached hydrogens (tertiary/aromatic N) is 1. The maximum Gasteiger partial charge on any atom is 0.411 e. The fourth-order valence-electron chi connectivity index (χ4n) is 4.56. The molecule has 0 unspecified atom stereocenters. The van der Waals surface area contributed by atoms with Crippen molar-refractivity contribution in [2.75, 3.05) is 17.7 Å². The molecule has 4 aromatic carbocycles. The summed E-state index contributed by atoms with van der Waals surface area (Å²) in [6.45, 7) is 2.21. The number of nitrogens with one attached hydrogen (secondary N) is 2. The van der Waals surface area contributed by atoms with Crippen LogP contribution in [0.25, 0.3) is 0 Å². The number of benzene rings is 4. The molecule has 202 valence electrons. The van der Waals surface area contributed by atoms with Crippen molar-refractivity contribution in [2.24, 2.45) is 0 Å². The second-order valence-corrected chi connectivity index (χ2v) is 9.53. The normalized spacial score (nSPS) is 16.2. The van der Waals surface area contributed by atoms with Gasteiger partial charge in [-0.3, -0.25) is 14.5 Å². The predicted molar refractivity (Wildman–Crippen MR) is 152 cm³/mol. The highest BCUT2D eigenvalue weighted by atomic mass is 16.6. The lowest BCUT2D eigenvalue weighted by Crippen LogP contribution is -2.43. The average molecular weight is 536 g/mol. The molecule has 0 radical (unpaired) electrons. The molecule has 0 bridgehead atoms. The maximum absolute atomic E-state index is 13.6. The van der Waals surface area contributed by atoms with Crippen LogP contribution in [0.1, 0.15) is 33.2 Å². The van der Waals surface area contributed by atoms with Crippen molar-refractivity contribution in [1.82, 2.24) is 4.90 Å². The second kappa shape index (κ2) is 11.7. The van der Waals surface area contributed by atoms with Crippen molar-refractivity contribution in [1.29, 1.82) is 0 Å². The molecule has 5 rings (SSSR count). The first-order chi connectivity index (χ1) is 19.4. The maximum atomic E-state index is 13.6. The molecule has 2 N–H and O–H groups in total. The molecule has 1 heterocycles. The molecule has 0 aromatic heterocycles. The fraction of sp³-hybridized carbons (Fsp3) is 0.156. The second-order valence-electron chi connectivity index (χ2n) is 9.53. The van der Waals surface area contributed by atoms with E-state index in [9.17, 15) is 14.4 Å². The third kappa shape index (κ3) is 5.96. The van der Waals surface area contributed by atoms with Gasteiger partial charge < -0.3 is 20.1 Å². The lowest BCUT2D eigenvalue weighted by atomic mass is 10.00. The van der Waals surface area contributed by atoms with Crippen LogP contribution in [0.3, 0.4) is 0 Å². The van der Waals surface area contributed by atoms with Crippen LogP contribution in [0.4, 0.5) is 16.2 Å². The fourth-order valence-corrected chi connectivity index (χ4v) is 4.56. The molecule has 0 saturated carbocycles. The van der Waals surface area contributed by atoms with Gasteiger partial charge in [0.2, 0.25) is 0 Å². The first kappa shape index (κ1) is 26.5. The molecular formula is C32H29N3O5. The smallest absolute Gasteiger partial charge is 0.411 e. The Morgan fingerprint density at radius 3 is 2.25 bits per heavy atom. The van der Waals surface area contributed by atoms with E-state index in [0.717, 1.165) is 11.1 Å². The summed E-state index contributed by atoms with van der Waals surface area (Å²) in [6.07, 6.45) is -1.42. The summed E-state index contributed by atoms with van der Waals surface area (Å²) in [5.74, 6) is -0.0611. The molecule has 4 aromatic rings. The summed E-state index contributed by atoms with van der Waals surface area (Å²) in [5.41, 5.74) is 4.25. The van der Waals surface area contributed by atoms with Crippen LogP contribution in [-0.2, 0) is 16.1 Å². The number of anilines is 2. The van der Waals surface area contributed by atoms with E-state index in [1.165, 1.54) is 4.90 Å². The number of hydrogen-bond acceptors (Lipinski definition) is 5. The van der Waals surface area contributed by atoms with Gasteiger partial charge in [-0.2, -0.15) is 0 Å². The van der Waals surface area contributed by atoms with Crippen molar-refractivity contribution in [2.45, 2.75) is 25.6 Å². The molecule has 0 spiro atoms. The summed E-state index contributed by atoms with van der Waals surface area (Å²) < 4.78 is 11.0. The number of rotatable bonds is 8. The van der Waals surface area contributed by atoms with Crippen LogP contribution in [0.2, 0.25) is 0 Å². The molecule has 2 atom stereocenters. The van der Waals surface area contributed by atoms with E-state index in [0.29, 0.717) is 28.3 Å². The minimum Gasteiger partial charge on any atom is -0.497 e. The third-order valence-electron chi connectivity index (χ3n) is 6.70. The van der Waals surface area contributed by atoms with Crippen LogP contribution < -0.4 is 15.4 Å². The van der Waals surface area contributed by atoms with Crippen molar-refractivity contribution >= 4 is 29.3 Å². The van der Waals surface area contributed by atoms with Crippen LogP contribution in [-0.4, -0.2) is 36.0 Å². The molecule has 40 heavy (non-hydrogen) atoms. The van der Waals surface area contributed by atoms with Gasteiger partial charge in [0.05, 0.1) is 13.7 Å². The van der Waals surface area contributed by atoms with Gasteiger partial charge in [-0.15, -0.1) is 0 Å². The number of methoxy groups -OCH3 is 1. The lowest BCUT2D eigenvalue weighted by Gasteiger charge is -2.24. The number of carbonyl (C=O) groups excluding carboxylic acids is 3. The Hall–Kier alpha value is -5.11. The molecule has 1 saturated heterocycles. The highest BCUT2D eigenvalue weighted by Gasteiger charge is 2.47. The first-order valence-electron chi connectivity index (χ1n) is 12.9. The Morgan fingerprint density at radius 1 is 0.850 bits per heavy atom. The highest BCUT2D eigenvalue weighted by molar-refractivity contribution is 6.04. The van der Waals surface area contributed by atoms with Crippen molar-refractivity contribution in [3.8, 4) is 5.75 Å². The van der Waals surface area contributed by atoms with Crippen LogP contribution >= 0.6 is 0 Å². The Kier molecular flexibility index (Phi) is 7.77. The molecule has 1 aliphatic heterocycles. The Balaban J connectivity index is 1.38. The van der Waals surface area contributed by atoms with E-state index >= 15 is 0 Å². The van der Waals surface area contributed by atoms with E-state index in [4.69, 9.17) is 9.47 Å². The lowest BCUT2D eigenvalue weighted by molar-refractivity contribution is -0.121. The number of hydrogen-bond donors (Lipinski definition) is 2. The minimum absolute atomic E-state index is 0.219. The van der Waals surface area contributed by atoms with Crippen LogP contribution in [0.5, 0.6) is 5.75 Å². The first-order valence-corrected chi connectivity index (χ1v) is 12.9. The number of carbonyl (C=O) groups is 3. The number of amides is 3. The molecule has 8 nitrogen and oxygen atoms in total. The molecule has 8 heteroatoms. The van der Waals surface area contributed by atoms with E-state index < -0.39 is 18.2 Å². The number of para-hydroxylation sites is 1. The standard InChI is InChI=1S/C32H29N3O5/c1-21-11-13-22(14-12-21)20-35-28(31(37)34-25-8-4-3-5-9-25)29(40-32(35)38)23-15-17-26(18-16-23)33-30(36)24-7-6-10-27(19-24)39-2/h3-19,28-29H,20H2,1-2H3,(H,33,36)(H,34,37)/t28-,29+/m1/s1. The summed E-state index contributed by atoms with van der Waals surface area (Å²) in [6, 6.07) is 29.8. The van der Waals surface area contributed by atoms with Gasteiger partial charge in [0, 0.05) is 16.9 Å². The van der Waals surface area contributed by atoms with Crippen molar-refractivity contribution < 1.29 is 23.9 Å². The molecular weight excluding hydrogens is 506 g/mol. The Bertz CT molecular complexity index is 1500. The molecule has 0 aliphatic carbocycles. The number of ether oxygens (including phenoxy) is 2. The van der Waals surface area contributed by atoms with Crippen LogP contribution in [0.15, 0.2) is 103 Å². The minimum atomic E-state index is -0.911. The van der Waals surface area contributed by atoms with Crippen molar-refractivity contribution in [3.05, 3.63) is 125 Å².